The normalized spacial score (nSPS) is 13.0. The summed E-state index contributed by atoms with van der Waals surface area (Å²) in [4.78, 5) is 4.51. The number of hydrogen-bond donors (Lipinski definition) is 1. The number of nitrogens with zero attached hydrogens (tertiary/aromatic N) is 1. The molecule has 1 aromatic heterocycles. The maximum absolute atomic E-state index is 4.51. The minimum atomic E-state index is 0.433. The summed E-state index contributed by atoms with van der Waals surface area (Å²) in [7, 11) is 0. The van der Waals surface area contributed by atoms with E-state index in [0.29, 0.717) is 12.0 Å². The first-order valence-electron chi connectivity index (χ1n) is 8.38. The van der Waals surface area contributed by atoms with Crippen molar-refractivity contribution < 1.29 is 0 Å². The summed E-state index contributed by atoms with van der Waals surface area (Å²) in [6.45, 7) is 7.78. The summed E-state index contributed by atoms with van der Waals surface area (Å²) < 4.78 is 0. The highest BCUT2D eigenvalue weighted by Crippen LogP contribution is 2.33. The third kappa shape index (κ3) is 3.82. The molecule has 1 N–H and O–H groups in total. The molecular weight excluding hydrogens is 256 g/mol. The van der Waals surface area contributed by atoms with Crippen LogP contribution in [-0.4, -0.2) is 11.5 Å². The molecule has 0 saturated heterocycles. The van der Waals surface area contributed by atoms with Crippen molar-refractivity contribution >= 4 is 10.9 Å². The summed E-state index contributed by atoms with van der Waals surface area (Å²) in [5.74, 6) is 0.700. The van der Waals surface area contributed by atoms with E-state index in [0.717, 1.165) is 12.1 Å². The molecule has 21 heavy (non-hydrogen) atoms. The maximum Gasteiger partial charge on any atom is 0.0705 e. The van der Waals surface area contributed by atoms with Crippen LogP contribution in [0.5, 0.6) is 0 Å². The van der Waals surface area contributed by atoms with Gasteiger partial charge in [-0.3, -0.25) is 4.98 Å². The van der Waals surface area contributed by atoms with Gasteiger partial charge >= 0.3 is 0 Å². The molecule has 2 aromatic rings. The van der Waals surface area contributed by atoms with Gasteiger partial charge in [-0.25, -0.2) is 0 Å². The third-order valence-corrected chi connectivity index (χ3v) is 4.23. The zero-order valence-corrected chi connectivity index (χ0v) is 13.6. The van der Waals surface area contributed by atoms with Crippen LogP contribution in [0.1, 0.15) is 58.1 Å². The molecule has 1 heterocycles. The van der Waals surface area contributed by atoms with Gasteiger partial charge in [0.05, 0.1) is 5.52 Å². The lowest BCUT2D eigenvalue weighted by Crippen LogP contribution is -2.28. The summed E-state index contributed by atoms with van der Waals surface area (Å²) in [5.41, 5.74) is 2.51. The Hall–Kier alpha value is -1.41. The topological polar surface area (TPSA) is 24.9 Å². The second-order valence-electron chi connectivity index (χ2n) is 5.79. The van der Waals surface area contributed by atoms with E-state index >= 15 is 0 Å². The molecule has 0 amide bonds. The van der Waals surface area contributed by atoms with Crippen molar-refractivity contribution in [2.45, 2.75) is 52.5 Å². The minimum Gasteiger partial charge on any atom is -0.310 e. The van der Waals surface area contributed by atoms with Gasteiger partial charge in [0.2, 0.25) is 0 Å². The molecule has 0 radical (unpaired) electrons. The average molecular weight is 284 g/mol. The Morgan fingerprint density at radius 3 is 2.43 bits per heavy atom. The van der Waals surface area contributed by atoms with Crippen LogP contribution in [0.15, 0.2) is 36.5 Å². The molecule has 1 unspecified atom stereocenters. The first-order chi connectivity index (χ1) is 10.3. The fourth-order valence-corrected chi connectivity index (χ4v) is 3.37. The van der Waals surface area contributed by atoms with Crippen LogP contribution in [0.4, 0.5) is 0 Å². The minimum absolute atomic E-state index is 0.433. The van der Waals surface area contributed by atoms with E-state index in [-0.39, 0.29) is 0 Å². The van der Waals surface area contributed by atoms with Gasteiger partial charge in [0.25, 0.3) is 0 Å². The molecule has 1 aromatic carbocycles. The molecule has 2 heteroatoms. The quantitative estimate of drug-likeness (QED) is 0.729. The number of fused-ring (bicyclic) bond motifs is 1. The van der Waals surface area contributed by atoms with Gasteiger partial charge < -0.3 is 5.32 Å². The summed E-state index contributed by atoms with van der Waals surface area (Å²) >= 11 is 0. The predicted octanol–water partition coefficient (Wildman–Crippen LogP) is 5.10. The number of aromatic nitrogens is 1. The zero-order chi connectivity index (χ0) is 15.1. The van der Waals surface area contributed by atoms with Crippen molar-refractivity contribution in [2.75, 3.05) is 6.54 Å². The smallest absolute Gasteiger partial charge is 0.0705 e. The highest BCUT2D eigenvalue weighted by Gasteiger charge is 2.22. The van der Waals surface area contributed by atoms with Crippen molar-refractivity contribution in [3.8, 4) is 0 Å². The summed E-state index contributed by atoms with van der Waals surface area (Å²) in [6, 6.07) is 11.2. The molecule has 0 fully saturated rings. The van der Waals surface area contributed by atoms with E-state index < -0.39 is 0 Å². The van der Waals surface area contributed by atoms with E-state index in [1.54, 1.807) is 0 Å². The molecule has 114 valence electrons. The molecule has 0 aliphatic heterocycles. The van der Waals surface area contributed by atoms with Crippen molar-refractivity contribution in [2.24, 2.45) is 5.92 Å². The lowest BCUT2D eigenvalue weighted by Gasteiger charge is -2.29. The van der Waals surface area contributed by atoms with Gasteiger partial charge in [-0.15, -0.1) is 0 Å². The van der Waals surface area contributed by atoms with E-state index in [9.17, 15) is 0 Å². The highest BCUT2D eigenvalue weighted by atomic mass is 14.9. The van der Waals surface area contributed by atoms with Gasteiger partial charge in [0.1, 0.15) is 0 Å². The van der Waals surface area contributed by atoms with Crippen LogP contribution in [0.3, 0.4) is 0 Å². The zero-order valence-electron chi connectivity index (χ0n) is 13.6. The molecule has 0 aliphatic rings. The van der Waals surface area contributed by atoms with Gasteiger partial charge in [0.15, 0.2) is 0 Å². The fourth-order valence-electron chi connectivity index (χ4n) is 3.37. The molecule has 2 rings (SSSR count). The number of benzene rings is 1. The Morgan fingerprint density at radius 2 is 1.76 bits per heavy atom. The van der Waals surface area contributed by atoms with E-state index in [1.165, 1.54) is 36.6 Å². The summed E-state index contributed by atoms with van der Waals surface area (Å²) in [6.07, 6.45) is 6.93. The molecule has 0 saturated carbocycles. The molecule has 0 spiro atoms. The highest BCUT2D eigenvalue weighted by molar-refractivity contribution is 5.82. The Balaban J connectivity index is 2.43. The fraction of sp³-hybridized carbons (Fsp3) is 0.526. The molecular formula is C19H28N2. The maximum atomic E-state index is 4.51. The van der Waals surface area contributed by atoms with Crippen molar-refractivity contribution in [3.63, 3.8) is 0 Å². The van der Waals surface area contributed by atoms with Crippen LogP contribution < -0.4 is 5.32 Å². The monoisotopic (exact) mass is 284 g/mol. The van der Waals surface area contributed by atoms with Crippen LogP contribution >= 0.6 is 0 Å². The molecule has 2 nitrogen and oxygen atoms in total. The van der Waals surface area contributed by atoms with Crippen LogP contribution in [0.2, 0.25) is 0 Å². The Kier molecular flexibility index (Phi) is 6.19. The second kappa shape index (κ2) is 8.14. The SMILES string of the molecule is CCCC(CCC)C(NCC)c1cccc2ncccc12. The lowest BCUT2D eigenvalue weighted by atomic mass is 9.84. The molecule has 1 atom stereocenters. The first-order valence-corrected chi connectivity index (χ1v) is 8.38. The standard InChI is InChI=1S/C19H28N2/c1-4-9-15(10-5-2)19(20-6-3)17-11-7-13-18-16(17)12-8-14-21-18/h7-8,11-15,19-20H,4-6,9-10H2,1-3H3. The number of nitrogens with one attached hydrogen (secondary N) is 1. The third-order valence-electron chi connectivity index (χ3n) is 4.23. The second-order valence-corrected chi connectivity index (χ2v) is 5.79. The van der Waals surface area contributed by atoms with Crippen LogP contribution in [0.25, 0.3) is 10.9 Å². The van der Waals surface area contributed by atoms with Gasteiger partial charge in [-0.1, -0.05) is 51.8 Å². The molecule has 0 bridgehead atoms. The lowest BCUT2D eigenvalue weighted by molar-refractivity contribution is 0.322. The number of pyridine rings is 1. The number of rotatable bonds is 8. The van der Waals surface area contributed by atoms with Crippen molar-refractivity contribution in [3.05, 3.63) is 42.1 Å². The average Bonchev–Trinajstić information content (AvgIpc) is 2.52. The van der Waals surface area contributed by atoms with Gasteiger partial charge in [-0.05, 0) is 43.0 Å². The van der Waals surface area contributed by atoms with Gasteiger partial charge in [0, 0.05) is 17.6 Å². The molecule has 0 aliphatic carbocycles. The Morgan fingerprint density at radius 1 is 1.00 bits per heavy atom. The Labute approximate surface area is 129 Å². The largest absolute Gasteiger partial charge is 0.310 e. The predicted molar refractivity (Wildman–Crippen MR) is 91.5 cm³/mol. The Bertz CT molecular complexity index is 539. The van der Waals surface area contributed by atoms with E-state index in [4.69, 9.17) is 0 Å². The van der Waals surface area contributed by atoms with Crippen LogP contribution in [-0.2, 0) is 0 Å². The summed E-state index contributed by atoms with van der Waals surface area (Å²) in [5, 5.41) is 5.03. The van der Waals surface area contributed by atoms with Crippen molar-refractivity contribution in [1.29, 1.82) is 0 Å². The van der Waals surface area contributed by atoms with Crippen molar-refractivity contribution in [1.82, 2.24) is 10.3 Å². The van der Waals surface area contributed by atoms with E-state index in [2.05, 4.69) is 55.3 Å². The van der Waals surface area contributed by atoms with Gasteiger partial charge in [-0.2, -0.15) is 0 Å². The van der Waals surface area contributed by atoms with E-state index in [1.807, 2.05) is 12.3 Å². The van der Waals surface area contributed by atoms with Crippen LogP contribution in [0, 0.1) is 5.92 Å². The first kappa shape index (κ1) is 16.0. The number of hydrogen-bond acceptors (Lipinski definition) is 2.